The molecule has 0 radical (unpaired) electrons. The van der Waals surface area contributed by atoms with Crippen molar-refractivity contribution in [1.82, 2.24) is 15.0 Å². The third-order valence-electron chi connectivity index (χ3n) is 1.97. The van der Waals surface area contributed by atoms with Crippen LogP contribution in [0.2, 0.25) is 10.3 Å². The fraction of sp³-hybridized carbons (Fsp3) is 0.100. The Kier molecular flexibility index (Phi) is 4.01. The molecule has 17 heavy (non-hydrogen) atoms. The van der Waals surface area contributed by atoms with Crippen LogP contribution in [0.1, 0.15) is 0 Å². The largest absolute Gasteiger partial charge is 0.481 e. The zero-order valence-electron chi connectivity index (χ0n) is 8.62. The minimum Gasteiger partial charge on any atom is -0.481 e. The first-order valence-electron chi connectivity index (χ1n) is 4.50. The Bertz CT molecular complexity index is 525. The first-order chi connectivity index (χ1) is 8.11. The topological polar surface area (TPSA) is 47.9 Å². The van der Waals surface area contributed by atoms with Crippen LogP contribution in [0, 0.1) is 3.57 Å². The molecule has 0 N–H and O–H groups in total. The molecule has 0 bridgehead atoms. The average molecular weight is 382 g/mol. The number of hydrogen-bond acceptors (Lipinski definition) is 4. The van der Waals surface area contributed by atoms with E-state index in [-0.39, 0.29) is 0 Å². The highest BCUT2D eigenvalue weighted by atomic mass is 127. The predicted molar refractivity (Wildman–Crippen MR) is 74.6 cm³/mol. The standard InChI is InChI=1S/C10H6Cl2IN3O/c1-17-6-3-2-5(4-14-6)10-15-8(11)7(13)9(12)16-10/h2-4H,1H3. The Labute approximate surface area is 121 Å². The molecule has 2 aromatic heterocycles. The molecule has 0 saturated heterocycles. The fourth-order valence-electron chi connectivity index (χ4n) is 1.16. The Morgan fingerprint density at radius 3 is 2.29 bits per heavy atom. The van der Waals surface area contributed by atoms with Crippen molar-refractivity contribution in [3.05, 3.63) is 32.2 Å². The van der Waals surface area contributed by atoms with Crippen molar-refractivity contribution in [2.24, 2.45) is 0 Å². The molecule has 0 aliphatic rings. The highest BCUT2D eigenvalue weighted by Gasteiger charge is 2.10. The maximum Gasteiger partial charge on any atom is 0.212 e. The SMILES string of the molecule is COc1ccc(-c2nc(Cl)c(I)c(Cl)n2)cn1. The van der Waals surface area contributed by atoms with Gasteiger partial charge in [0.15, 0.2) is 5.82 Å². The highest BCUT2D eigenvalue weighted by molar-refractivity contribution is 14.1. The van der Waals surface area contributed by atoms with E-state index in [1.165, 1.54) is 0 Å². The van der Waals surface area contributed by atoms with Crippen molar-refractivity contribution >= 4 is 45.8 Å². The van der Waals surface area contributed by atoms with Gasteiger partial charge >= 0.3 is 0 Å². The smallest absolute Gasteiger partial charge is 0.212 e. The van der Waals surface area contributed by atoms with E-state index < -0.39 is 0 Å². The Balaban J connectivity index is 2.45. The number of halogens is 3. The van der Waals surface area contributed by atoms with Crippen LogP contribution < -0.4 is 4.74 Å². The van der Waals surface area contributed by atoms with Gasteiger partial charge in [0.25, 0.3) is 0 Å². The predicted octanol–water partition coefficient (Wildman–Crippen LogP) is 3.46. The molecule has 0 aromatic carbocycles. The monoisotopic (exact) mass is 381 g/mol. The lowest BCUT2D eigenvalue weighted by Gasteiger charge is -2.04. The molecule has 7 heteroatoms. The zero-order chi connectivity index (χ0) is 12.4. The first kappa shape index (κ1) is 12.8. The van der Waals surface area contributed by atoms with Gasteiger partial charge in [-0.15, -0.1) is 0 Å². The highest BCUT2D eigenvalue weighted by Crippen LogP contribution is 2.26. The molecule has 88 valence electrons. The average Bonchev–Trinajstić information content (AvgIpc) is 2.35. The summed E-state index contributed by atoms with van der Waals surface area (Å²) >= 11 is 13.9. The molecule has 2 aromatic rings. The normalized spacial score (nSPS) is 10.4. The molecule has 0 spiro atoms. The van der Waals surface area contributed by atoms with Crippen molar-refractivity contribution < 1.29 is 4.74 Å². The molecular weight excluding hydrogens is 376 g/mol. The third kappa shape index (κ3) is 2.78. The van der Waals surface area contributed by atoms with Crippen LogP contribution in [-0.2, 0) is 0 Å². The lowest BCUT2D eigenvalue weighted by Crippen LogP contribution is -1.95. The molecule has 0 fully saturated rings. The molecule has 0 aliphatic heterocycles. The summed E-state index contributed by atoms with van der Waals surface area (Å²) < 4.78 is 5.60. The maximum absolute atomic E-state index is 5.94. The minimum atomic E-state index is 0.330. The molecule has 0 saturated carbocycles. The van der Waals surface area contributed by atoms with E-state index >= 15 is 0 Å². The second-order valence-electron chi connectivity index (χ2n) is 3.03. The summed E-state index contributed by atoms with van der Waals surface area (Å²) in [6.45, 7) is 0. The van der Waals surface area contributed by atoms with Crippen LogP contribution in [0.15, 0.2) is 18.3 Å². The van der Waals surface area contributed by atoms with Gasteiger partial charge in [0.1, 0.15) is 10.3 Å². The van der Waals surface area contributed by atoms with Crippen LogP contribution in [0.4, 0.5) is 0 Å². The Hall–Kier alpha value is -0.660. The Morgan fingerprint density at radius 1 is 1.18 bits per heavy atom. The summed E-state index contributed by atoms with van der Waals surface area (Å²) in [6, 6.07) is 3.51. The number of pyridine rings is 1. The van der Waals surface area contributed by atoms with Crippen molar-refractivity contribution in [2.45, 2.75) is 0 Å². The van der Waals surface area contributed by atoms with Gasteiger partial charge < -0.3 is 4.74 Å². The molecule has 0 atom stereocenters. The number of aromatic nitrogens is 3. The van der Waals surface area contributed by atoms with Gasteiger partial charge in [-0.3, -0.25) is 0 Å². The molecule has 0 unspecified atom stereocenters. The van der Waals surface area contributed by atoms with E-state index in [2.05, 4.69) is 15.0 Å². The van der Waals surface area contributed by atoms with Crippen molar-refractivity contribution in [3.63, 3.8) is 0 Å². The first-order valence-corrected chi connectivity index (χ1v) is 6.34. The van der Waals surface area contributed by atoms with Crippen molar-refractivity contribution in [3.8, 4) is 17.3 Å². The van der Waals surface area contributed by atoms with Gasteiger partial charge in [-0.05, 0) is 28.7 Å². The quantitative estimate of drug-likeness (QED) is 0.590. The van der Waals surface area contributed by atoms with Crippen LogP contribution >= 0.6 is 45.8 Å². The van der Waals surface area contributed by atoms with Crippen LogP contribution in [0.25, 0.3) is 11.4 Å². The van der Waals surface area contributed by atoms with Gasteiger partial charge in [-0.25, -0.2) is 15.0 Å². The maximum atomic E-state index is 5.94. The zero-order valence-corrected chi connectivity index (χ0v) is 12.3. The molecule has 0 amide bonds. The Morgan fingerprint density at radius 2 is 1.82 bits per heavy atom. The molecule has 0 aliphatic carbocycles. The van der Waals surface area contributed by atoms with Crippen molar-refractivity contribution in [2.75, 3.05) is 7.11 Å². The van der Waals surface area contributed by atoms with Gasteiger partial charge in [0.2, 0.25) is 5.88 Å². The van der Waals surface area contributed by atoms with Crippen LogP contribution in [-0.4, -0.2) is 22.1 Å². The molecule has 2 heterocycles. The van der Waals surface area contributed by atoms with Crippen LogP contribution in [0.3, 0.4) is 0 Å². The number of hydrogen-bond donors (Lipinski definition) is 0. The van der Waals surface area contributed by atoms with Gasteiger partial charge in [0, 0.05) is 17.8 Å². The number of methoxy groups -OCH3 is 1. The second-order valence-corrected chi connectivity index (χ2v) is 4.83. The number of nitrogens with zero attached hydrogens (tertiary/aromatic N) is 3. The summed E-state index contributed by atoms with van der Waals surface area (Å²) in [5.41, 5.74) is 0.728. The number of rotatable bonds is 2. The lowest BCUT2D eigenvalue weighted by molar-refractivity contribution is 0.398. The summed E-state index contributed by atoms with van der Waals surface area (Å²) in [7, 11) is 1.55. The van der Waals surface area contributed by atoms with E-state index in [9.17, 15) is 0 Å². The van der Waals surface area contributed by atoms with E-state index in [1.54, 1.807) is 25.4 Å². The van der Waals surface area contributed by atoms with Gasteiger partial charge in [-0.2, -0.15) is 0 Å². The van der Waals surface area contributed by atoms with E-state index in [1.807, 2.05) is 22.6 Å². The van der Waals surface area contributed by atoms with Crippen molar-refractivity contribution in [1.29, 1.82) is 0 Å². The molecule has 2 rings (SSSR count). The van der Waals surface area contributed by atoms with Gasteiger partial charge in [0.05, 0.1) is 10.7 Å². The lowest BCUT2D eigenvalue weighted by atomic mass is 10.2. The minimum absolute atomic E-state index is 0.330. The van der Waals surface area contributed by atoms with Crippen LogP contribution in [0.5, 0.6) is 5.88 Å². The van der Waals surface area contributed by atoms with E-state index in [4.69, 9.17) is 27.9 Å². The summed E-state index contributed by atoms with van der Waals surface area (Å²) in [6.07, 6.45) is 1.60. The number of ether oxygens (including phenoxy) is 1. The molecular formula is C10H6Cl2IN3O. The summed E-state index contributed by atoms with van der Waals surface area (Å²) in [5.74, 6) is 0.965. The van der Waals surface area contributed by atoms with E-state index in [0.717, 1.165) is 5.56 Å². The summed E-state index contributed by atoms with van der Waals surface area (Å²) in [5, 5.41) is 0.660. The van der Waals surface area contributed by atoms with E-state index in [0.29, 0.717) is 25.6 Å². The molecule has 4 nitrogen and oxygen atoms in total. The van der Waals surface area contributed by atoms with Gasteiger partial charge in [-0.1, -0.05) is 23.2 Å². The second kappa shape index (κ2) is 5.32. The fourth-order valence-corrected chi connectivity index (χ4v) is 1.79. The summed E-state index contributed by atoms with van der Waals surface area (Å²) in [4.78, 5) is 12.3. The third-order valence-corrected chi connectivity index (χ3v) is 4.18.